The van der Waals surface area contributed by atoms with Gasteiger partial charge in [-0.15, -0.1) is 0 Å². The van der Waals surface area contributed by atoms with E-state index in [4.69, 9.17) is 9.47 Å². The minimum absolute atomic E-state index is 0.0318. The molecule has 2 atom stereocenters. The zero-order chi connectivity index (χ0) is 21.8. The summed E-state index contributed by atoms with van der Waals surface area (Å²) in [4.78, 5) is 27.9. The van der Waals surface area contributed by atoms with Crippen LogP contribution in [0.5, 0.6) is 0 Å². The molecule has 1 aromatic carbocycles. The van der Waals surface area contributed by atoms with Crippen molar-refractivity contribution < 1.29 is 24.2 Å². The lowest BCUT2D eigenvalue weighted by Gasteiger charge is -2.40. The Balaban J connectivity index is 1.85. The Bertz CT molecular complexity index is 721. The summed E-state index contributed by atoms with van der Waals surface area (Å²) in [7, 11) is 0. The quantitative estimate of drug-likeness (QED) is 0.717. The number of nitrogens with zero attached hydrogens (tertiary/aromatic N) is 1. The van der Waals surface area contributed by atoms with Crippen LogP contribution in [-0.2, 0) is 20.9 Å². The molecule has 0 radical (unpaired) electrons. The molecule has 0 bridgehead atoms. The van der Waals surface area contributed by atoms with Crippen molar-refractivity contribution in [2.24, 2.45) is 5.41 Å². The van der Waals surface area contributed by atoms with E-state index in [-0.39, 0.29) is 30.6 Å². The average molecular weight is 418 g/mol. The number of carbonyl (C=O) groups is 2. The minimum atomic E-state index is -0.679. The van der Waals surface area contributed by atoms with Crippen LogP contribution in [-0.4, -0.2) is 46.4 Å². The Morgan fingerprint density at radius 3 is 2.40 bits per heavy atom. The number of aliphatic hydroxyl groups is 1. The maximum atomic E-state index is 13.2. The highest BCUT2D eigenvalue weighted by molar-refractivity contribution is 5.83. The molecule has 166 valence electrons. The fourth-order valence-corrected chi connectivity index (χ4v) is 5.11. The number of likely N-dealkylation sites (tertiary alicyclic amines) is 1. The zero-order valence-electron chi connectivity index (χ0n) is 18.4. The van der Waals surface area contributed by atoms with Crippen LogP contribution in [0.4, 0.5) is 4.79 Å². The molecule has 2 aliphatic rings. The van der Waals surface area contributed by atoms with Crippen LogP contribution in [0.25, 0.3) is 0 Å². The van der Waals surface area contributed by atoms with Crippen LogP contribution in [0.3, 0.4) is 0 Å². The maximum absolute atomic E-state index is 13.2. The van der Waals surface area contributed by atoms with E-state index < -0.39 is 17.7 Å². The van der Waals surface area contributed by atoms with Gasteiger partial charge in [0.05, 0.1) is 0 Å². The van der Waals surface area contributed by atoms with E-state index in [0.717, 1.165) is 31.2 Å². The Kier molecular flexibility index (Phi) is 7.06. The van der Waals surface area contributed by atoms with Crippen molar-refractivity contribution in [3.63, 3.8) is 0 Å². The number of esters is 1. The standard InChI is InChI=1S/C24H35NO5/c1-23(2,3)30-21(27)19-16-24(13-8-5-9-14-24)20(12-15-26)25(19)22(28)29-17-18-10-6-4-7-11-18/h4,6-7,10-11,19-20,26H,5,8-9,12-17H2,1-3H3/t19-,20-/m0/s1. The van der Waals surface area contributed by atoms with Crippen LogP contribution >= 0.6 is 0 Å². The predicted octanol–water partition coefficient (Wildman–Crippen LogP) is 4.44. The first-order chi connectivity index (χ1) is 14.3. The second-order valence-electron chi connectivity index (χ2n) is 9.65. The maximum Gasteiger partial charge on any atom is 0.411 e. The third kappa shape index (κ3) is 5.15. The van der Waals surface area contributed by atoms with Gasteiger partial charge in [0, 0.05) is 12.6 Å². The molecule has 1 aliphatic heterocycles. The van der Waals surface area contributed by atoms with Crippen molar-refractivity contribution in [3.8, 4) is 0 Å². The summed E-state index contributed by atoms with van der Waals surface area (Å²) < 4.78 is 11.3. The molecule has 1 saturated heterocycles. The fourth-order valence-electron chi connectivity index (χ4n) is 5.11. The Labute approximate surface area is 179 Å². The third-order valence-corrected chi connectivity index (χ3v) is 6.32. The van der Waals surface area contributed by atoms with Gasteiger partial charge in [0.1, 0.15) is 18.2 Å². The van der Waals surface area contributed by atoms with E-state index >= 15 is 0 Å². The summed E-state index contributed by atoms with van der Waals surface area (Å²) in [6, 6.07) is 8.61. The molecule has 6 heteroatoms. The molecule has 1 N–H and O–H groups in total. The van der Waals surface area contributed by atoms with Crippen molar-refractivity contribution in [3.05, 3.63) is 35.9 Å². The molecule has 1 saturated carbocycles. The van der Waals surface area contributed by atoms with Gasteiger partial charge >= 0.3 is 12.1 Å². The van der Waals surface area contributed by atoms with Crippen LogP contribution < -0.4 is 0 Å². The van der Waals surface area contributed by atoms with Crippen LogP contribution in [0.2, 0.25) is 0 Å². The molecule has 0 unspecified atom stereocenters. The highest BCUT2D eigenvalue weighted by Gasteiger charge is 2.56. The number of benzene rings is 1. The first-order valence-electron chi connectivity index (χ1n) is 11.1. The van der Waals surface area contributed by atoms with Crippen molar-refractivity contribution in [2.45, 2.75) is 90.0 Å². The van der Waals surface area contributed by atoms with Crippen LogP contribution in [0.15, 0.2) is 30.3 Å². The van der Waals surface area contributed by atoms with Gasteiger partial charge in [-0.25, -0.2) is 9.59 Å². The summed E-state index contributed by atoms with van der Waals surface area (Å²) in [5, 5.41) is 9.76. The smallest absolute Gasteiger partial charge is 0.411 e. The molecular weight excluding hydrogens is 382 g/mol. The van der Waals surface area contributed by atoms with Crippen LogP contribution in [0, 0.1) is 5.41 Å². The predicted molar refractivity (Wildman–Crippen MR) is 114 cm³/mol. The average Bonchev–Trinajstić information content (AvgIpc) is 3.00. The van der Waals surface area contributed by atoms with Gasteiger partial charge in [-0.05, 0) is 57.4 Å². The normalized spacial score (nSPS) is 23.4. The van der Waals surface area contributed by atoms with Gasteiger partial charge in [0.25, 0.3) is 0 Å². The molecule has 1 aromatic rings. The molecule has 1 heterocycles. The highest BCUT2D eigenvalue weighted by atomic mass is 16.6. The molecule has 3 rings (SSSR count). The second-order valence-corrected chi connectivity index (χ2v) is 9.65. The van der Waals surface area contributed by atoms with Crippen LogP contribution in [0.1, 0.15) is 71.3 Å². The lowest BCUT2D eigenvalue weighted by Crippen LogP contribution is -2.49. The van der Waals surface area contributed by atoms with Gasteiger partial charge in [0.2, 0.25) is 0 Å². The number of aliphatic hydroxyl groups excluding tert-OH is 1. The Hall–Kier alpha value is -2.08. The SMILES string of the molecule is CC(C)(C)OC(=O)[C@@H]1CC2(CCCCC2)[C@H](CCO)N1C(=O)OCc1ccccc1. The van der Waals surface area contributed by atoms with Crippen molar-refractivity contribution in [2.75, 3.05) is 6.61 Å². The van der Waals surface area contributed by atoms with Gasteiger partial charge in [-0.1, -0.05) is 49.6 Å². The summed E-state index contributed by atoms with van der Waals surface area (Å²) in [5.41, 5.74) is 0.102. The molecular formula is C24H35NO5. The lowest BCUT2D eigenvalue weighted by atomic mass is 9.67. The number of rotatable bonds is 5. The van der Waals surface area contributed by atoms with E-state index in [2.05, 4.69) is 0 Å². The summed E-state index contributed by atoms with van der Waals surface area (Å²) in [6.07, 6.45) is 5.76. The van der Waals surface area contributed by atoms with Gasteiger partial charge in [0.15, 0.2) is 0 Å². The van der Waals surface area contributed by atoms with Gasteiger partial charge in [-0.3, -0.25) is 4.90 Å². The van der Waals surface area contributed by atoms with Gasteiger partial charge in [-0.2, -0.15) is 0 Å². The molecule has 1 aliphatic carbocycles. The number of carbonyl (C=O) groups excluding carboxylic acids is 2. The van der Waals surface area contributed by atoms with E-state index in [0.29, 0.717) is 12.8 Å². The summed E-state index contributed by atoms with van der Waals surface area (Å²) in [6.45, 7) is 5.62. The lowest BCUT2D eigenvalue weighted by molar-refractivity contribution is -0.160. The first-order valence-corrected chi connectivity index (χ1v) is 11.1. The van der Waals surface area contributed by atoms with E-state index in [1.165, 1.54) is 6.42 Å². The molecule has 30 heavy (non-hydrogen) atoms. The summed E-state index contributed by atoms with van der Waals surface area (Å²) in [5.74, 6) is -0.385. The number of hydrogen-bond donors (Lipinski definition) is 1. The first kappa shape index (κ1) is 22.6. The number of amides is 1. The van der Waals surface area contributed by atoms with Gasteiger partial charge < -0.3 is 14.6 Å². The van der Waals surface area contributed by atoms with Crippen molar-refractivity contribution in [1.82, 2.24) is 4.90 Å². The molecule has 6 nitrogen and oxygen atoms in total. The monoisotopic (exact) mass is 417 g/mol. The zero-order valence-corrected chi connectivity index (χ0v) is 18.4. The van der Waals surface area contributed by atoms with Crippen molar-refractivity contribution >= 4 is 12.1 Å². The molecule has 0 aromatic heterocycles. The molecule has 1 spiro atoms. The Morgan fingerprint density at radius 1 is 1.13 bits per heavy atom. The third-order valence-electron chi connectivity index (χ3n) is 6.32. The number of ether oxygens (including phenoxy) is 2. The summed E-state index contributed by atoms with van der Waals surface area (Å²) >= 11 is 0. The largest absolute Gasteiger partial charge is 0.458 e. The van der Waals surface area contributed by atoms with E-state index in [9.17, 15) is 14.7 Å². The molecule has 2 fully saturated rings. The van der Waals surface area contributed by atoms with E-state index in [1.54, 1.807) is 4.90 Å². The van der Waals surface area contributed by atoms with E-state index in [1.807, 2.05) is 51.1 Å². The number of hydrogen-bond acceptors (Lipinski definition) is 5. The minimum Gasteiger partial charge on any atom is -0.458 e. The topological polar surface area (TPSA) is 76.1 Å². The van der Waals surface area contributed by atoms with Crippen molar-refractivity contribution in [1.29, 1.82) is 0 Å². The highest BCUT2D eigenvalue weighted by Crippen LogP contribution is 2.52. The second kappa shape index (κ2) is 9.38. The Morgan fingerprint density at radius 2 is 1.80 bits per heavy atom. The molecule has 1 amide bonds. The fraction of sp³-hybridized carbons (Fsp3) is 0.667.